The zero-order valence-electron chi connectivity index (χ0n) is 21.9. The molecule has 1 unspecified atom stereocenters. The fourth-order valence-corrected chi connectivity index (χ4v) is 7.26. The van der Waals surface area contributed by atoms with Gasteiger partial charge in [-0.1, -0.05) is 48.4 Å². The monoisotopic (exact) mass is 468 g/mol. The number of allylic oxidation sites excluding steroid dienone is 4. The molecule has 2 nitrogen and oxygen atoms in total. The van der Waals surface area contributed by atoms with Gasteiger partial charge in [0.05, 0.1) is 18.3 Å². The molecule has 0 spiro atoms. The lowest BCUT2D eigenvalue weighted by molar-refractivity contribution is 0.0250. The molecule has 3 atom stereocenters. The maximum absolute atomic E-state index is 6.73. The van der Waals surface area contributed by atoms with Crippen molar-refractivity contribution in [2.45, 2.75) is 97.4 Å². The minimum atomic E-state index is 0.159. The Kier molecular flexibility index (Phi) is 6.13. The summed E-state index contributed by atoms with van der Waals surface area (Å²) in [6.07, 6.45) is 15.1. The number of hydrogen-bond acceptors (Lipinski definition) is 2. The van der Waals surface area contributed by atoms with Gasteiger partial charge in [0.2, 0.25) is 0 Å². The summed E-state index contributed by atoms with van der Waals surface area (Å²) in [7, 11) is 0. The van der Waals surface area contributed by atoms with Crippen molar-refractivity contribution < 1.29 is 9.47 Å². The zero-order valence-corrected chi connectivity index (χ0v) is 21.9. The van der Waals surface area contributed by atoms with Crippen LogP contribution in [0.15, 0.2) is 59.2 Å². The lowest BCUT2D eigenvalue weighted by Crippen LogP contribution is -2.30. The van der Waals surface area contributed by atoms with Crippen LogP contribution < -0.4 is 4.74 Å². The Labute approximate surface area is 211 Å². The van der Waals surface area contributed by atoms with Gasteiger partial charge in [0.15, 0.2) is 0 Å². The molecule has 2 aromatic rings. The third-order valence-electron chi connectivity index (χ3n) is 8.62. The van der Waals surface area contributed by atoms with Crippen LogP contribution in [0.3, 0.4) is 0 Å². The van der Waals surface area contributed by atoms with Gasteiger partial charge in [0.1, 0.15) is 5.75 Å². The summed E-state index contributed by atoms with van der Waals surface area (Å²) >= 11 is 0. The largest absolute Gasteiger partial charge is 0.491 e. The van der Waals surface area contributed by atoms with Crippen molar-refractivity contribution in [1.82, 2.24) is 0 Å². The smallest absolute Gasteiger partial charge is 0.124 e. The molecule has 0 amide bonds. The van der Waals surface area contributed by atoms with Crippen molar-refractivity contribution in [2.75, 3.05) is 0 Å². The Hall–Kier alpha value is -2.32. The molecule has 1 saturated carbocycles. The van der Waals surface area contributed by atoms with E-state index in [1.54, 1.807) is 11.1 Å². The Morgan fingerprint density at radius 1 is 0.914 bits per heavy atom. The number of benzene rings is 2. The van der Waals surface area contributed by atoms with Crippen molar-refractivity contribution >= 4 is 16.3 Å². The average Bonchev–Trinajstić information content (AvgIpc) is 3.24. The van der Waals surface area contributed by atoms with E-state index in [0.29, 0.717) is 0 Å². The van der Waals surface area contributed by atoms with E-state index in [-0.39, 0.29) is 18.3 Å². The first-order chi connectivity index (χ1) is 17.0. The van der Waals surface area contributed by atoms with Crippen LogP contribution in [0.1, 0.15) is 83.8 Å². The second kappa shape index (κ2) is 9.28. The van der Waals surface area contributed by atoms with Crippen molar-refractivity contribution in [3.05, 3.63) is 70.3 Å². The standard InChI is InChI=1S/C33H40O2/c1-20(2)34-30-18-24-10-5-7-14-26(24)32-28(30)16-22-12-9-13-23(22)17-29-31(35-21(3)4)19-25-11-6-8-15-27(25)33(29)32/h5,7-8,10,14-15,18,20-23,31H,6,9,11-13,16-17,19H2,1-4H3/t22?,23-,31+/m0/s1. The van der Waals surface area contributed by atoms with Gasteiger partial charge < -0.3 is 9.47 Å². The number of ether oxygens (including phenoxy) is 2. The minimum Gasteiger partial charge on any atom is -0.491 e. The van der Waals surface area contributed by atoms with Gasteiger partial charge in [-0.05, 0) is 124 Å². The number of rotatable bonds is 4. The highest BCUT2D eigenvalue weighted by Gasteiger charge is 2.39. The predicted molar refractivity (Wildman–Crippen MR) is 146 cm³/mol. The Morgan fingerprint density at radius 3 is 2.51 bits per heavy atom. The molecule has 184 valence electrons. The van der Waals surface area contributed by atoms with Crippen molar-refractivity contribution in [2.24, 2.45) is 11.8 Å². The SMILES string of the molecule is CC(C)Oc1cc2ccccc2c2c1CC1CCC[C@H]1CC1=C2C2=C(CCC=C2)C[C@H]1OC(C)C. The molecule has 1 fully saturated rings. The minimum absolute atomic E-state index is 0.159. The van der Waals surface area contributed by atoms with E-state index in [0.717, 1.165) is 43.3 Å². The third kappa shape index (κ3) is 4.18. The van der Waals surface area contributed by atoms with E-state index < -0.39 is 0 Å². The molecule has 0 N–H and O–H groups in total. The van der Waals surface area contributed by atoms with E-state index >= 15 is 0 Å². The molecular weight excluding hydrogens is 428 g/mol. The quantitative estimate of drug-likeness (QED) is 0.447. The normalized spacial score (nSPS) is 25.9. The number of fused-ring (bicyclic) bond motifs is 6. The second-order valence-corrected chi connectivity index (χ2v) is 11.7. The highest BCUT2D eigenvalue weighted by molar-refractivity contribution is 6.03. The summed E-state index contributed by atoms with van der Waals surface area (Å²) in [4.78, 5) is 0. The average molecular weight is 469 g/mol. The van der Waals surface area contributed by atoms with Crippen LogP contribution in [0.5, 0.6) is 5.75 Å². The lowest BCUT2D eigenvalue weighted by Gasteiger charge is -2.39. The molecule has 6 rings (SSSR count). The second-order valence-electron chi connectivity index (χ2n) is 11.7. The van der Waals surface area contributed by atoms with Gasteiger partial charge >= 0.3 is 0 Å². The zero-order chi connectivity index (χ0) is 24.1. The van der Waals surface area contributed by atoms with Crippen LogP contribution in [0, 0.1) is 11.8 Å². The van der Waals surface area contributed by atoms with Gasteiger partial charge in [-0.2, -0.15) is 0 Å². The summed E-state index contributed by atoms with van der Waals surface area (Å²) in [5.41, 5.74) is 9.00. The molecule has 2 aromatic carbocycles. The lowest BCUT2D eigenvalue weighted by atomic mass is 9.69. The van der Waals surface area contributed by atoms with Crippen LogP contribution in [-0.4, -0.2) is 18.3 Å². The van der Waals surface area contributed by atoms with Gasteiger partial charge in [0, 0.05) is 5.56 Å². The predicted octanol–water partition coefficient (Wildman–Crippen LogP) is 8.59. The molecule has 2 heteroatoms. The molecule has 0 radical (unpaired) electrons. The summed E-state index contributed by atoms with van der Waals surface area (Å²) < 4.78 is 13.3. The Balaban J connectivity index is 1.69. The molecule has 0 bridgehead atoms. The van der Waals surface area contributed by atoms with Crippen LogP contribution in [0.25, 0.3) is 16.3 Å². The van der Waals surface area contributed by atoms with Gasteiger partial charge in [-0.3, -0.25) is 0 Å². The first kappa shape index (κ1) is 23.1. The molecule has 0 aliphatic heterocycles. The van der Waals surface area contributed by atoms with Crippen LogP contribution in [0.2, 0.25) is 0 Å². The fourth-order valence-electron chi connectivity index (χ4n) is 7.26. The molecule has 0 aromatic heterocycles. The van der Waals surface area contributed by atoms with Crippen molar-refractivity contribution in [3.8, 4) is 5.75 Å². The maximum Gasteiger partial charge on any atom is 0.124 e. The Bertz CT molecular complexity index is 1230. The van der Waals surface area contributed by atoms with Crippen molar-refractivity contribution in [1.29, 1.82) is 0 Å². The topological polar surface area (TPSA) is 18.5 Å². The molecule has 0 heterocycles. The van der Waals surface area contributed by atoms with Crippen LogP contribution in [0.4, 0.5) is 0 Å². The molecular formula is C33H40O2. The summed E-state index contributed by atoms with van der Waals surface area (Å²) in [5, 5.41) is 2.66. The van der Waals surface area contributed by atoms with Gasteiger partial charge in [-0.15, -0.1) is 0 Å². The van der Waals surface area contributed by atoms with Gasteiger partial charge in [0.25, 0.3) is 0 Å². The van der Waals surface area contributed by atoms with E-state index in [1.165, 1.54) is 58.7 Å². The number of hydrogen-bond donors (Lipinski definition) is 0. The third-order valence-corrected chi connectivity index (χ3v) is 8.62. The highest BCUT2D eigenvalue weighted by atomic mass is 16.5. The van der Waals surface area contributed by atoms with Gasteiger partial charge in [-0.25, -0.2) is 0 Å². The molecule has 4 aliphatic rings. The van der Waals surface area contributed by atoms with E-state index in [9.17, 15) is 0 Å². The molecule has 35 heavy (non-hydrogen) atoms. The van der Waals surface area contributed by atoms with E-state index in [4.69, 9.17) is 9.47 Å². The molecule has 0 saturated heterocycles. The van der Waals surface area contributed by atoms with Crippen LogP contribution in [-0.2, 0) is 11.2 Å². The first-order valence-electron chi connectivity index (χ1n) is 14.0. The maximum atomic E-state index is 6.73. The summed E-state index contributed by atoms with van der Waals surface area (Å²) in [6.45, 7) is 8.71. The fraction of sp³-hybridized carbons (Fsp3) is 0.515. The van der Waals surface area contributed by atoms with E-state index in [1.807, 2.05) is 0 Å². The first-order valence-corrected chi connectivity index (χ1v) is 14.0. The Morgan fingerprint density at radius 2 is 1.71 bits per heavy atom. The van der Waals surface area contributed by atoms with Crippen molar-refractivity contribution in [3.63, 3.8) is 0 Å². The summed E-state index contributed by atoms with van der Waals surface area (Å²) in [6, 6.07) is 11.3. The highest BCUT2D eigenvalue weighted by Crippen LogP contribution is 2.53. The summed E-state index contributed by atoms with van der Waals surface area (Å²) in [5.74, 6) is 2.58. The molecule has 4 aliphatic carbocycles. The van der Waals surface area contributed by atoms with Crippen LogP contribution >= 0.6 is 0 Å². The van der Waals surface area contributed by atoms with E-state index in [2.05, 4.69) is 70.2 Å².